The third-order valence-corrected chi connectivity index (χ3v) is 8.01. The molecule has 4 nitrogen and oxygen atoms in total. The first-order valence-electron chi connectivity index (χ1n) is 15.4. The molecule has 0 saturated carbocycles. The summed E-state index contributed by atoms with van der Waals surface area (Å²) in [5.41, 5.74) is 3.80. The molecule has 2 aromatic carbocycles. The van der Waals surface area contributed by atoms with Crippen LogP contribution in [0.4, 0.5) is 0 Å². The molecule has 1 saturated heterocycles. The van der Waals surface area contributed by atoms with Crippen molar-refractivity contribution in [1.82, 2.24) is 4.90 Å². The van der Waals surface area contributed by atoms with Gasteiger partial charge < -0.3 is 10.0 Å². The van der Waals surface area contributed by atoms with Crippen molar-refractivity contribution in [2.24, 2.45) is 0 Å². The predicted molar refractivity (Wildman–Crippen MR) is 162 cm³/mol. The molecule has 0 aromatic heterocycles. The van der Waals surface area contributed by atoms with Crippen molar-refractivity contribution in [3.8, 4) is 0 Å². The molecule has 0 bridgehead atoms. The normalized spacial score (nSPS) is 16.8. The van der Waals surface area contributed by atoms with Crippen LogP contribution >= 0.6 is 0 Å². The third-order valence-electron chi connectivity index (χ3n) is 8.01. The first-order valence-corrected chi connectivity index (χ1v) is 15.4. The number of hydrogen-bond donors (Lipinski definition) is 1. The number of benzene rings is 2. The van der Waals surface area contributed by atoms with Crippen molar-refractivity contribution in [3.05, 3.63) is 76.4 Å². The summed E-state index contributed by atoms with van der Waals surface area (Å²) >= 11 is 0. The highest BCUT2D eigenvalue weighted by Gasteiger charge is 2.45. The maximum atomic E-state index is 13.2. The smallest absolute Gasteiger partial charge is 0.295 e. The summed E-state index contributed by atoms with van der Waals surface area (Å²) in [6.07, 6.45) is 17.8. The minimum Gasteiger partial charge on any atom is -0.507 e. The number of carbonyl (C=O) groups is 2. The average molecular weight is 532 g/mol. The standard InChI is InChI=1S/C35H49NO3/c1-4-5-6-7-8-9-10-11-12-13-14-15-16-17-26-36-32(29-22-18-27(2)19-23-29)31(34(38)35(36)39)33(37)30-24-20-28(3)21-25-30/h18-25,32,37H,4-17,26H2,1-3H3/t32-/m0/s1. The number of unbranched alkanes of at least 4 members (excludes halogenated alkanes) is 13. The number of aryl methyl sites for hydroxylation is 2. The molecule has 0 radical (unpaired) electrons. The lowest BCUT2D eigenvalue weighted by atomic mass is 9.94. The number of ketones is 1. The van der Waals surface area contributed by atoms with E-state index in [0.717, 1.165) is 36.0 Å². The van der Waals surface area contributed by atoms with Crippen LogP contribution in [0.3, 0.4) is 0 Å². The lowest BCUT2D eigenvalue weighted by Gasteiger charge is -2.25. The number of aliphatic hydroxyl groups excluding tert-OH is 1. The summed E-state index contributed by atoms with van der Waals surface area (Å²) in [4.78, 5) is 28.0. The first-order chi connectivity index (χ1) is 18.9. The second-order valence-electron chi connectivity index (χ2n) is 11.4. The van der Waals surface area contributed by atoms with E-state index in [9.17, 15) is 14.7 Å². The molecule has 2 aromatic rings. The summed E-state index contributed by atoms with van der Waals surface area (Å²) in [6, 6.07) is 14.8. The minimum absolute atomic E-state index is 0.0950. The summed E-state index contributed by atoms with van der Waals surface area (Å²) in [7, 11) is 0. The molecule has 0 spiro atoms. The second kappa shape index (κ2) is 16.3. The van der Waals surface area contributed by atoms with E-state index in [1.807, 2.05) is 50.2 Å². The van der Waals surface area contributed by atoms with Crippen molar-refractivity contribution < 1.29 is 14.7 Å². The topological polar surface area (TPSA) is 57.6 Å². The van der Waals surface area contributed by atoms with E-state index in [0.29, 0.717) is 12.1 Å². The summed E-state index contributed by atoms with van der Waals surface area (Å²) < 4.78 is 0. The number of amides is 1. The maximum absolute atomic E-state index is 13.2. The van der Waals surface area contributed by atoms with Gasteiger partial charge in [-0.05, 0) is 25.8 Å². The van der Waals surface area contributed by atoms with Gasteiger partial charge in [-0.2, -0.15) is 0 Å². The Morgan fingerprint density at radius 1 is 0.667 bits per heavy atom. The van der Waals surface area contributed by atoms with Crippen LogP contribution in [0.2, 0.25) is 0 Å². The number of nitrogens with zero attached hydrogens (tertiary/aromatic N) is 1. The van der Waals surface area contributed by atoms with Crippen LogP contribution < -0.4 is 0 Å². The molecule has 0 aliphatic carbocycles. The van der Waals surface area contributed by atoms with E-state index in [1.165, 1.54) is 70.6 Å². The molecule has 39 heavy (non-hydrogen) atoms. The molecule has 1 amide bonds. The third kappa shape index (κ3) is 9.08. The van der Waals surface area contributed by atoms with Gasteiger partial charge in [0.2, 0.25) is 0 Å². The van der Waals surface area contributed by atoms with Crippen LogP contribution in [0.1, 0.15) is 125 Å². The van der Waals surface area contributed by atoms with Gasteiger partial charge in [-0.3, -0.25) is 9.59 Å². The number of aliphatic hydroxyl groups is 1. The lowest BCUT2D eigenvalue weighted by molar-refractivity contribution is -0.139. The molecule has 1 aliphatic rings. The Bertz CT molecular complexity index is 1070. The number of carbonyl (C=O) groups excluding carboxylic acids is 2. The highest BCUT2D eigenvalue weighted by atomic mass is 16.3. The largest absolute Gasteiger partial charge is 0.507 e. The Balaban J connectivity index is 1.52. The molecule has 1 heterocycles. The van der Waals surface area contributed by atoms with E-state index >= 15 is 0 Å². The van der Waals surface area contributed by atoms with Crippen molar-refractivity contribution >= 4 is 17.4 Å². The van der Waals surface area contributed by atoms with Crippen molar-refractivity contribution in [3.63, 3.8) is 0 Å². The van der Waals surface area contributed by atoms with Crippen LogP contribution in [0, 0.1) is 13.8 Å². The molecule has 212 valence electrons. The summed E-state index contributed by atoms with van der Waals surface area (Å²) in [5.74, 6) is -1.20. The zero-order valence-corrected chi connectivity index (χ0v) is 24.5. The van der Waals surface area contributed by atoms with Gasteiger partial charge in [-0.25, -0.2) is 0 Å². The van der Waals surface area contributed by atoms with E-state index in [1.54, 1.807) is 17.0 Å². The molecule has 3 rings (SSSR count). The van der Waals surface area contributed by atoms with Gasteiger partial charge in [0.15, 0.2) is 0 Å². The highest BCUT2D eigenvalue weighted by Crippen LogP contribution is 2.39. The summed E-state index contributed by atoms with van der Waals surface area (Å²) in [5, 5.41) is 11.2. The van der Waals surface area contributed by atoms with Crippen LogP contribution in [-0.4, -0.2) is 28.2 Å². The number of Topliss-reactive ketones (excluding diaryl/α,β-unsaturated/α-hetero) is 1. The Morgan fingerprint density at radius 2 is 1.10 bits per heavy atom. The van der Waals surface area contributed by atoms with Gasteiger partial charge in [0, 0.05) is 12.1 Å². The monoisotopic (exact) mass is 531 g/mol. The van der Waals surface area contributed by atoms with E-state index < -0.39 is 17.7 Å². The molecule has 1 N–H and O–H groups in total. The van der Waals surface area contributed by atoms with Crippen LogP contribution in [0.5, 0.6) is 0 Å². The SMILES string of the molecule is CCCCCCCCCCCCCCCCN1C(=O)C(=O)C(=C(O)c2ccc(C)cc2)[C@@H]1c1ccc(C)cc1. The highest BCUT2D eigenvalue weighted by molar-refractivity contribution is 6.46. The predicted octanol–water partition coefficient (Wildman–Crippen LogP) is 9.21. The van der Waals surface area contributed by atoms with Gasteiger partial charge in [0.1, 0.15) is 5.76 Å². The van der Waals surface area contributed by atoms with Crippen molar-refractivity contribution in [2.75, 3.05) is 6.54 Å². The fourth-order valence-corrected chi connectivity index (χ4v) is 5.55. The van der Waals surface area contributed by atoms with E-state index in [2.05, 4.69) is 6.92 Å². The van der Waals surface area contributed by atoms with Gasteiger partial charge in [0.25, 0.3) is 11.7 Å². The zero-order valence-electron chi connectivity index (χ0n) is 24.5. The first kappa shape index (κ1) is 30.7. The minimum atomic E-state index is -0.594. The Labute approximate surface area is 236 Å². The van der Waals surface area contributed by atoms with E-state index in [4.69, 9.17) is 0 Å². The van der Waals surface area contributed by atoms with Gasteiger partial charge in [0.05, 0.1) is 11.6 Å². The molecular formula is C35H49NO3. The lowest BCUT2D eigenvalue weighted by Crippen LogP contribution is -2.30. The fourth-order valence-electron chi connectivity index (χ4n) is 5.55. The number of likely N-dealkylation sites (tertiary alicyclic amines) is 1. The van der Waals surface area contributed by atoms with Crippen LogP contribution in [0.25, 0.3) is 5.76 Å². The van der Waals surface area contributed by atoms with Gasteiger partial charge >= 0.3 is 0 Å². The van der Waals surface area contributed by atoms with Gasteiger partial charge in [-0.15, -0.1) is 0 Å². The fraction of sp³-hybridized carbons (Fsp3) is 0.543. The molecule has 4 heteroatoms. The second-order valence-corrected chi connectivity index (χ2v) is 11.4. The number of rotatable bonds is 17. The molecule has 1 atom stereocenters. The molecular weight excluding hydrogens is 482 g/mol. The van der Waals surface area contributed by atoms with Crippen molar-refractivity contribution in [2.45, 2.75) is 117 Å². The quantitative estimate of drug-likeness (QED) is 0.0958. The average Bonchev–Trinajstić information content (AvgIpc) is 3.18. The van der Waals surface area contributed by atoms with E-state index in [-0.39, 0.29) is 11.3 Å². The zero-order chi connectivity index (χ0) is 28.0. The maximum Gasteiger partial charge on any atom is 0.295 e. The summed E-state index contributed by atoms with van der Waals surface area (Å²) in [6.45, 7) is 6.78. The van der Waals surface area contributed by atoms with Crippen molar-refractivity contribution in [1.29, 1.82) is 0 Å². The molecule has 1 aliphatic heterocycles. The van der Waals surface area contributed by atoms with Crippen LogP contribution in [0.15, 0.2) is 54.1 Å². The Kier molecular flexibility index (Phi) is 12.8. The van der Waals surface area contributed by atoms with Gasteiger partial charge in [-0.1, -0.05) is 150 Å². The van der Waals surface area contributed by atoms with Crippen LogP contribution in [-0.2, 0) is 9.59 Å². The Morgan fingerprint density at radius 3 is 1.59 bits per heavy atom. The Hall–Kier alpha value is -2.88. The molecule has 0 unspecified atom stereocenters. The molecule has 1 fully saturated rings. The number of hydrogen-bond acceptors (Lipinski definition) is 3.